The minimum atomic E-state index is -0.305. The lowest BCUT2D eigenvalue weighted by Crippen LogP contribution is -2.20. The fourth-order valence-corrected chi connectivity index (χ4v) is 2.02. The van der Waals surface area contributed by atoms with Crippen LogP contribution in [0, 0.1) is 0 Å². The Morgan fingerprint density at radius 1 is 1.18 bits per heavy atom. The molecule has 114 valence electrons. The minimum absolute atomic E-state index is 0.186. The predicted octanol–water partition coefficient (Wildman–Crippen LogP) is 3.29. The normalized spacial score (nSPS) is 9.91. The van der Waals surface area contributed by atoms with Gasteiger partial charge in [-0.3, -0.25) is 9.59 Å². The summed E-state index contributed by atoms with van der Waals surface area (Å²) in [6.45, 7) is -0.186. The van der Waals surface area contributed by atoms with E-state index in [1.807, 2.05) is 12.1 Å². The van der Waals surface area contributed by atoms with Crippen molar-refractivity contribution in [2.45, 2.75) is 0 Å². The lowest BCUT2D eigenvalue weighted by Gasteiger charge is -2.11. The Bertz CT molecular complexity index is 670. The van der Waals surface area contributed by atoms with Gasteiger partial charge in [-0.25, -0.2) is 0 Å². The van der Waals surface area contributed by atoms with Crippen LogP contribution in [0.4, 0.5) is 5.69 Å². The van der Waals surface area contributed by atoms with Crippen LogP contribution in [0.3, 0.4) is 0 Å². The maximum atomic E-state index is 11.9. The topological polar surface area (TPSA) is 64.6 Å². The van der Waals surface area contributed by atoms with Crippen LogP contribution in [0.1, 0.15) is 10.4 Å². The first-order valence-corrected chi connectivity index (χ1v) is 7.23. The number of hydrogen-bond donors (Lipinski definition) is 1. The second-order valence-electron chi connectivity index (χ2n) is 4.37. The van der Waals surface area contributed by atoms with Crippen LogP contribution in [0.5, 0.6) is 11.5 Å². The first kappa shape index (κ1) is 16.0. The van der Waals surface area contributed by atoms with E-state index in [1.165, 1.54) is 13.2 Å². The Balaban J connectivity index is 1.98. The van der Waals surface area contributed by atoms with Crippen molar-refractivity contribution in [2.24, 2.45) is 0 Å². The average molecular weight is 364 g/mol. The van der Waals surface area contributed by atoms with Crippen molar-refractivity contribution in [2.75, 3.05) is 19.0 Å². The number of anilines is 1. The molecule has 0 atom stereocenters. The minimum Gasteiger partial charge on any atom is -0.493 e. The fraction of sp³-hybridized carbons (Fsp3) is 0.125. The van der Waals surface area contributed by atoms with Gasteiger partial charge < -0.3 is 14.8 Å². The summed E-state index contributed by atoms with van der Waals surface area (Å²) in [6.07, 6.45) is 0.703. The van der Waals surface area contributed by atoms with E-state index in [0.29, 0.717) is 29.0 Å². The third-order valence-electron chi connectivity index (χ3n) is 2.81. The zero-order chi connectivity index (χ0) is 15.9. The van der Waals surface area contributed by atoms with Gasteiger partial charge in [-0.15, -0.1) is 0 Å². The van der Waals surface area contributed by atoms with Crippen LogP contribution < -0.4 is 14.8 Å². The van der Waals surface area contributed by atoms with Gasteiger partial charge in [-0.2, -0.15) is 0 Å². The molecule has 0 unspecified atom stereocenters. The molecule has 0 fully saturated rings. The second kappa shape index (κ2) is 7.61. The molecular weight excluding hydrogens is 350 g/mol. The van der Waals surface area contributed by atoms with Gasteiger partial charge in [0.2, 0.25) is 0 Å². The lowest BCUT2D eigenvalue weighted by molar-refractivity contribution is -0.118. The SMILES string of the molecule is COc1ccc(C=O)cc1OCC(=O)Nc1ccc(Br)cc1. The summed E-state index contributed by atoms with van der Waals surface area (Å²) < 4.78 is 11.5. The highest BCUT2D eigenvalue weighted by atomic mass is 79.9. The van der Waals surface area contributed by atoms with E-state index in [-0.39, 0.29) is 12.5 Å². The van der Waals surface area contributed by atoms with Crippen LogP contribution in [0.2, 0.25) is 0 Å². The summed E-state index contributed by atoms with van der Waals surface area (Å²) in [4.78, 5) is 22.7. The summed E-state index contributed by atoms with van der Waals surface area (Å²) >= 11 is 3.32. The van der Waals surface area contributed by atoms with Gasteiger partial charge >= 0.3 is 0 Å². The molecule has 0 aromatic heterocycles. The Morgan fingerprint density at radius 2 is 1.91 bits per heavy atom. The molecule has 2 aromatic carbocycles. The Hall–Kier alpha value is -2.34. The summed E-state index contributed by atoms with van der Waals surface area (Å²) in [5.74, 6) is 0.501. The van der Waals surface area contributed by atoms with Crippen molar-refractivity contribution in [3.8, 4) is 11.5 Å². The number of nitrogens with one attached hydrogen (secondary N) is 1. The van der Waals surface area contributed by atoms with Crippen molar-refractivity contribution in [1.29, 1.82) is 0 Å². The van der Waals surface area contributed by atoms with Crippen molar-refractivity contribution < 1.29 is 19.1 Å². The molecule has 0 aliphatic carbocycles. The summed E-state index contributed by atoms with van der Waals surface area (Å²) in [7, 11) is 1.49. The molecule has 6 heteroatoms. The molecule has 0 aliphatic heterocycles. The molecule has 0 bridgehead atoms. The number of hydrogen-bond acceptors (Lipinski definition) is 4. The average Bonchev–Trinajstić information content (AvgIpc) is 2.54. The molecule has 0 aliphatic rings. The molecule has 2 rings (SSSR count). The molecule has 0 heterocycles. The van der Waals surface area contributed by atoms with Gasteiger partial charge in [0.1, 0.15) is 6.29 Å². The number of ether oxygens (including phenoxy) is 2. The van der Waals surface area contributed by atoms with Gasteiger partial charge in [0.15, 0.2) is 18.1 Å². The quantitative estimate of drug-likeness (QED) is 0.799. The number of aldehydes is 1. The number of benzene rings is 2. The maximum absolute atomic E-state index is 11.9. The number of carbonyl (C=O) groups is 2. The van der Waals surface area contributed by atoms with Gasteiger partial charge in [0.05, 0.1) is 7.11 Å². The van der Waals surface area contributed by atoms with Crippen LogP contribution in [0.25, 0.3) is 0 Å². The highest BCUT2D eigenvalue weighted by Gasteiger charge is 2.09. The van der Waals surface area contributed by atoms with E-state index >= 15 is 0 Å². The predicted molar refractivity (Wildman–Crippen MR) is 86.6 cm³/mol. The lowest BCUT2D eigenvalue weighted by atomic mass is 10.2. The first-order valence-electron chi connectivity index (χ1n) is 6.44. The number of methoxy groups -OCH3 is 1. The van der Waals surface area contributed by atoms with Gasteiger partial charge in [0.25, 0.3) is 5.91 Å². The zero-order valence-electron chi connectivity index (χ0n) is 11.8. The third kappa shape index (κ3) is 4.33. The Morgan fingerprint density at radius 3 is 2.55 bits per heavy atom. The number of rotatable bonds is 6. The van der Waals surface area contributed by atoms with Crippen LogP contribution >= 0.6 is 15.9 Å². The number of halogens is 1. The molecule has 1 amide bonds. The van der Waals surface area contributed by atoms with Crippen molar-refractivity contribution in [3.05, 3.63) is 52.5 Å². The van der Waals surface area contributed by atoms with Gasteiger partial charge in [-0.1, -0.05) is 15.9 Å². The molecule has 22 heavy (non-hydrogen) atoms. The molecule has 2 aromatic rings. The van der Waals surface area contributed by atoms with Crippen LogP contribution in [-0.4, -0.2) is 25.9 Å². The molecule has 0 radical (unpaired) electrons. The fourth-order valence-electron chi connectivity index (χ4n) is 1.75. The standard InChI is InChI=1S/C16H14BrNO4/c1-21-14-7-2-11(9-19)8-15(14)22-10-16(20)18-13-5-3-12(17)4-6-13/h2-9H,10H2,1H3,(H,18,20). The molecule has 1 N–H and O–H groups in total. The van der Waals surface area contributed by atoms with E-state index in [0.717, 1.165) is 4.47 Å². The number of amides is 1. The van der Waals surface area contributed by atoms with Crippen LogP contribution in [-0.2, 0) is 4.79 Å². The van der Waals surface area contributed by atoms with Gasteiger partial charge in [0, 0.05) is 15.7 Å². The summed E-state index contributed by atoms with van der Waals surface area (Å²) in [5.41, 5.74) is 1.12. The van der Waals surface area contributed by atoms with Crippen molar-refractivity contribution in [1.82, 2.24) is 0 Å². The highest BCUT2D eigenvalue weighted by Crippen LogP contribution is 2.27. The Kier molecular flexibility index (Phi) is 5.55. The molecule has 0 saturated carbocycles. The molecule has 0 spiro atoms. The third-order valence-corrected chi connectivity index (χ3v) is 3.34. The maximum Gasteiger partial charge on any atom is 0.262 e. The van der Waals surface area contributed by atoms with E-state index in [9.17, 15) is 9.59 Å². The van der Waals surface area contributed by atoms with Crippen molar-refractivity contribution >= 4 is 33.8 Å². The zero-order valence-corrected chi connectivity index (χ0v) is 13.4. The second-order valence-corrected chi connectivity index (χ2v) is 5.29. The van der Waals surface area contributed by atoms with E-state index < -0.39 is 0 Å². The van der Waals surface area contributed by atoms with E-state index in [1.54, 1.807) is 24.3 Å². The molecule has 0 saturated heterocycles. The molecular formula is C16H14BrNO4. The summed E-state index contributed by atoms with van der Waals surface area (Å²) in [5, 5.41) is 2.71. The summed E-state index contributed by atoms with van der Waals surface area (Å²) in [6, 6.07) is 12.0. The Labute approximate surface area is 136 Å². The van der Waals surface area contributed by atoms with Crippen molar-refractivity contribution in [3.63, 3.8) is 0 Å². The van der Waals surface area contributed by atoms with Crippen LogP contribution in [0.15, 0.2) is 46.9 Å². The van der Waals surface area contributed by atoms with Gasteiger partial charge in [-0.05, 0) is 42.5 Å². The molecule has 5 nitrogen and oxygen atoms in total. The largest absolute Gasteiger partial charge is 0.493 e. The first-order chi connectivity index (χ1) is 10.6. The smallest absolute Gasteiger partial charge is 0.262 e. The van der Waals surface area contributed by atoms with E-state index in [4.69, 9.17) is 9.47 Å². The van der Waals surface area contributed by atoms with E-state index in [2.05, 4.69) is 21.2 Å². The monoisotopic (exact) mass is 363 g/mol. The highest BCUT2D eigenvalue weighted by molar-refractivity contribution is 9.10. The number of carbonyl (C=O) groups excluding carboxylic acids is 2.